The fourth-order valence-corrected chi connectivity index (χ4v) is 2.90. The molecule has 2 aromatic carbocycles. The van der Waals surface area contributed by atoms with Gasteiger partial charge >= 0.3 is 0 Å². The Morgan fingerprint density at radius 1 is 0.950 bits per heavy atom. The highest BCUT2D eigenvalue weighted by atomic mass is 79.9. The predicted octanol–water partition coefficient (Wildman–Crippen LogP) is 4.92. The lowest BCUT2D eigenvalue weighted by molar-refractivity contribution is 1.20. The molecule has 96 valence electrons. The summed E-state index contributed by atoms with van der Waals surface area (Å²) >= 11 is 3.51. The minimum Gasteiger partial charge on any atom is -0.306 e. The Morgan fingerprint density at radius 2 is 1.85 bits per heavy atom. The second-order valence-corrected chi connectivity index (χ2v) is 5.69. The van der Waals surface area contributed by atoms with Crippen molar-refractivity contribution in [3.63, 3.8) is 0 Å². The summed E-state index contributed by atoms with van der Waals surface area (Å²) in [5, 5.41) is 2.39. The van der Waals surface area contributed by atoms with Crippen molar-refractivity contribution in [1.82, 2.24) is 9.38 Å². The van der Waals surface area contributed by atoms with Crippen molar-refractivity contribution in [2.45, 2.75) is 0 Å². The lowest BCUT2D eigenvalue weighted by Crippen LogP contribution is -1.83. The van der Waals surface area contributed by atoms with Crippen LogP contribution in [0.3, 0.4) is 0 Å². The largest absolute Gasteiger partial charge is 0.306 e. The molecule has 4 aromatic rings. The summed E-state index contributed by atoms with van der Waals surface area (Å²) in [6.45, 7) is 0. The summed E-state index contributed by atoms with van der Waals surface area (Å²) in [5.41, 5.74) is 3.10. The van der Waals surface area contributed by atoms with E-state index in [1.807, 2.05) is 12.1 Å². The van der Waals surface area contributed by atoms with Gasteiger partial charge in [-0.2, -0.15) is 0 Å². The molecule has 0 aliphatic carbocycles. The predicted molar refractivity (Wildman–Crippen MR) is 85.8 cm³/mol. The summed E-state index contributed by atoms with van der Waals surface area (Å²) in [6, 6.07) is 18.7. The highest BCUT2D eigenvalue weighted by Crippen LogP contribution is 2.25. The van der Waals surface area contributed by atoms with Gasteiger partial charge in [0, 0.05) is 27.8 Å². The van der Waals surface area contributed by atoms with Gasteiger partial charge in [0.15, 0.2) is 0 Å². The molecule has 0 saturated heterocycles. The van der Waals surface area contributed by atoms with Crippen LogP contribution >= 0.6 is 15.9 Å². The molecule has 0 aliphatic rings. The van der Waals surface area contributed by atoms with Crippen LogP contribution in [0.5, 0.6) is 0 Å². The number of pyridine rings is 1. The molecule has 20 heavy (non-hydrogen) atoms. The average Bonchev–Trinajstić information content (AvgIpc) is 2.92. The fraction of sp³-hybridized carbons (Fsp3) is 0. The normalized spacial score (nSPS) is 11.2. The molecular weight excluding hydrogens is 312 g/mol. The maximum atomic E-state index is 4.79. The second kappa shape index (κ2) is 4.46. The first-order chi connectivity index (χ1) is 9.81. The van der Waals surface area contributed by atoms with Crippen LogP contribution in [0.4, 0.5) is 0 Å². The zero-order chi connectivity index (χ0) is 13.5. The second-order valence-electron chi connectivity index (χ2n) is 4.77. The van der Waals surface area contributed by atoms with Crippen LogP contribution in [0, 0.1) is 0 Å². The zero-order valence-corrected chi connectivity index (χ0v) is 12.2. The molecule has 0 spiro atoms. The summed E-state index contributed by atoms with van der Waals surface area (Å²) in [5.74, 6) is 0. The van der Waals surface area contributed by atoms with E-state index in [0.717, 1.165) is 21.4 Å². The lowest BCUT2D eigenvalue weighted by atomic mass is 10.2. The Bertz CT molecular complexity index is 924. The van der Waals surface area contributed by atoms with Crippen LogP contribution in [-0.2, 0) is 0 Å². The summed E-state index contributed by atoms with van der Waals surface area (Å²) in [7, 11) is 0. The lowest BCUT2D eigenvalue weighted by Gasteiger charge is -1.98. The van der Waals surface area contributed by atoms with Gasteiger partial charge in [-0.15, -0.1) is 0 Å². The minimum atomic E-state index is 0.989. The van der Waals surface area contributed by atoms with Crippen molar-refractivity contribution in [3.05, 3.63) is 71.5 Å². The molecule has 0 N–H and O–H groups in total. The number of imidazole rings is 1. The van der Waals surface area contributed by atoms with Crippen molar-refractivity contribution in [3.8, 4) is 11.3 Å². The molecule has 2 heterocycles. The smallest absolute Gasteiger partial charge is 0.145 e. The monoisotopic (exact) mass is 322 g/mol. The van der Waals surface area contributed by atoms with Crippen molar-refractivity contribution in [2.24, 2.45) is 0 Å². The molecule has 0 unspecified atom stereocenters. The number of hydrogen-bond acceptors (Lipinski definition) is 1. The van der Waals surface area contributed by atoms with E-state index in [0.29, 0.717) is 0 Å². The number of fused-ring (bicyclic) bond motifs is 3. The first-order valence-electron chi connectivity index (χ1n) is 6.44. The van der Waals surface area contributed by atoms with Crippen LogP contribution in [0.2, 0.25) is 0 Å². The zero-order valence-electron chi connectivity index (χ0n) is 10.6. The van der Waals surface area contributed by atoms with Crippen molar-refractivity contribution < 1.29 is 0 Å². The van der Waals surface area contributed by atoms with Gasteiger partial charge in [-0.1, -0.05) is 52.3 Å². The number of nitrogens with zero attached hydrogens (tertiary/aromatic N) is 2. The molecule has 0 bridgehead atoms. The average molecular weight is 323 g/mol. The topological polar surface area (TPSA) is 17.3 Å². The summed E-state index contributed by atoms with van der Waals surface area (Å²) in [4.78, 5) is 4.79. The number of benzene rings is 2. The number of aromatic nitrogens is 2. The van der Waals surface area contributed by atoms with E-state index < -0.39 is 0 Å². The van der Waals surface area contributed by atoms with E-state index in [4.69, 9.17) is 4.98 Å². The van der Waals surface area contributed by atoms with Crippen LogP contribution in [-0.4, -0.2) is 9.38 Å². The minimum absolute atomic E-state index is 0.989. The standard InChI is InChI=1S/C17H11BrN2/c18-14-6-3-5-13(10-14)16-11-20-9-8-12-4-1-2-7-15(12)17(20)19-16/h1-11H. The third kappa shape index (κ3) is 1.82. The number of halogens is 1. The molecule has 0 amide bonds. The van der Waals surface area contributed by atoms with Crippen molar-refractivity contribution >= 4 is 32.3 Å². The van der Waals surface area contributed by atoms with Crippen molar-refractivity contribution in [2.75, 3.05) is 0 Å². The third-order valence-electron chi connectivity index (χ3n) is 3.47. The van der Waals surface area contributed by atoms with E-state index in [2.05, 4.69) is 75.2 Å². The van der Waals surface area contributed by atoms with E-state index in [1.54, 1.807) is 0 Å². The van der Waals surface area contributed by atoms with E-state index in [1.165, 1.54) is 10.8 Å². The van der Waals surface area contributed by atoms with Gasteiger partial charge in [-0.3, -0.25) is 0 Å². The molecule has 2 aromatic heterocycles. The van der Waals surface area contributed by atoms with Crippen LogP contribution < -0.4 is 0 Å². The Morgan fingerprint density at radius 3 is 2.75 bits per heavy atom. The fourth-order valence-electron chi connectivity index (χ4n) is 2.50. The molecule has 0 radical (unpaired) electrons. The number of rotatable bonds is 1. The highest BCUT2D eigenvalue weighted by Gasteiger charge is 2.07. The Kier molecular flexibility index (Phi) is 2.60. The summed E-state index contributed by atoms with van der Waals surface area (Å²) in [6.07, 6.45) is 4.13. The highest BCUT2D eigenvalue weighted by molar-refractivity contribution is 9.10. The summed E-state index contributed by atoms with van der Waals surface area (Å²) < 4.78 is 3.15. The first kappa shape index (κ1) is 11.7. The first-order valence-corrected chi connectivity index (χ1v) is 7.23. The molecule has 2 nitrogen and oxygen atoms in total. The Labute approximate surface area is 124 Å². The Hall–Kier alpha value is -2.13. The van der Waals surface area contributed by atoms with Gasteiger partial charge in [0.05, 0.1) is 5.69 Å². The van der Waals surface area contributed by atoms with Gasteiger partial charge in [0.25, 0.3) is 0 Å². The van der Waals surface area contributed by atoms with Crippen molar-refractivity contribution in [1.29, 1.82) is 0 Å². The molecule has 0 saturated carbocycles. The van der Waals surface area contributed by atoms with Gasteiger partial charge in [0.2, 0.25) is 0 Å². The quantitative estimate of drug-likeness (QED) is 0.486. The molecule has 0 aliphatic heterocycles. The van der Waals surface area contributed by atoms with Gasteiger partial charge in [0.1, 0.15) is 5.65 Å². The van der Waals surface area contributed by atoms with Gasteiger partial charge < -0.3 is 4.40 Å². The van der Waals surface area contributed by atoms with Gasteiger partial charge in [-0.05, 0) is 23.6 Å². The molecule has 0 atom stereocenters. The third-order valence-corrected chi connectivity index (χ3v) is 3.96. The molecule has 3 heteroatoms. The molecule has 4 rings (SSSR count). The maximum Gasteiger partial charge on any atom is 0.145 e. The van der Waals surface area contributed by atoms with E-state index in [-0.39, 0.29) is 0 Å². The molecular formula is C17H11BrN2. The van der Waals surface area contributed by atoms with E-state index in [9.17, 15) is 0 Å². The Balaban J connectivity index is 2.01. The van der Waals surface area contributed by atoms with Crippen LogP contribution in [0.25, 0.3) is 27.7 Å². The van der Waals surface area contributed by atoms with Crippen LogP contribution in [0.1, 0.15) is 0 Å². The van der Waals surface area contributed by atoms with Gasteiger partial charge in [-0.25, -0.2) is 4.98 Å². The van der Waals surface area contributed by atoms with Crippen LogP contribution in [0.15, 0.2) is 71.5 Å². The SMILES string of the molecule is Brc1cccc(-c2cn3ccc4ccccc4c3n2)c1. The molecule has 0 fully saturated rings. The number of hydrogen-bond donors (Lipinski definition) is 0. The maximum absolute atomic E-state index is 4.79. The van der Waals surface area contributed by atoms with E-state index >= 15 is 0 Å².